The molecular formula is C14H20N4O2S. The van der Waals surface area contributed by atoms with Crippen LogP contribution >= 0.6 is 0 Å². The van der Waals surface area contributed by atoms with Crippen molar-refractivity contribution in [1.29, 1.82) is 0 Å². The van der Waals surface area contributed by atoms with E-state index in [0.29, 0.717) is 12.4 Å². The van der Waals surface area contributed by atoms with Crippen LogP contribution in [-0.4, -0.2) is 23.2 Å². The van der Waals surface area contributed by atoms with Crippen LogP contribution in [0, 0.1) is 0 Å². The molecule has 6 nitrogen and oxygen atoms in total. The van der Waals surface area contributed by atoms with Crippen molar-refractivity contribution >= 4 is 10.0 Å². The standard InChI is InChI=1S/C14H20N4O2S/c1-3-5-12-6-8-13(9-7-12)21(19,20)16-10-14-17-15-11-18(14)4-2/h6-9,11,16H,3-5,10H2,1-2H3. The molecule has 0 saturated carbocycles. The number of aromatic nitrogens is 3. The molecule has 1 aromatic heterocycles. The maximum atomic E-state index is 12.2. The summed E-state index contributed by atoms with van der Waals surface area (Å²) in [7, 11) is -3.52. The second-order valence-electron chi connectivity index (χ2n) is 4.75. The van der Waals surface area contributed by atoms with Crippen LogP contribution < -0.4 is 4.72 Å². The van der Waals surface area contributed by atoms with Crippen molar-refractivity contribution in [2.24, 2.45) is 0 Å². The van der Waals surface area contributed by atoms with Gasteiger partial charge in [-0.05, 0) is 31.0 Å². The smallest absolute Gasteiger partial charge is 0.240 e. The first-order valence-electron chi connectivity index (χ1n) is 7.02. The van der Waals surface area contributed by atoms with Crippen molar-refractivity contribution in [3.05, 3.63) is 42.0 Å². The third kappa shape index (κ3) is 3.89. The summed E-state index contributed by atoms with van der Waals surface area (Å²) in [5.74, 6) is 0.601. The number of hydrogen-bond donors (Lipinski definition) is 1. The van der Waals surface area contributed by atoms with Gasteiger partial charge in [-0.2, -0.15) is 0 Å². The minimum Gasteiger partial charge on any atom is -0.317 e. The molecule has 0 saturated heterocycles. The summed E-state index contributed by atoms with van der Waals surface area (Å²) in [6.07, 6.45) is 3.58. The van der Waals surface area contributed by atoms with Gasteiger partial charge in [0, 0.05) is 6.54 Å². The predicted octanol–water partition coefficient (Wildman–Crippen LogP) is 1.73. The van der Waals surface area contributed by atoms with Gasteiger partial charge in [-0.15, -0.1) is 10.2 Å². The average molecular weight is 308 g/mol. The largest absolute Gasteiger partial charge is 0.317 e. The van der Waals surface area contributed by atoms with E-state index in [4.69, 9.17) is 0 Å². The van der Waals surface area contributed by atoms with Crippen molar-refractivity contribution in [3.63, 3.8) is 0 Å². The third-order valence-corrected chi connectivity index (χ3v) is 4.65. The molecule has 1 aromatic carbocycles. The van der Waals surface area contributed by atoms with E-state index in [2.05, 4.69) is 21.8 Å². The fraction of sp³-hybridized carbons (Fsp3) is 0.429. The summed E-state index contributed by atoms with van der Waals surface area (Å²) in [6, 6.07) is 6.98. The van der Waals surface area contributed by atoms with E-state index in [-0.39, 0.29) is 11.4 Å². The quantitative estimate of drug-likeness (QED) is 0.845. The molecule has 7 heteroatoms. The van der Waals surface area contributed by atoms with Crippen LogP contribution in [0.1, 0.15) is 31.7 Å². The second kappa shape index (κ2) is 6.82. The van der Waals surface area contributed by atoms with Crippen molar-refractivity contribution in [2.75, 3.05) is 0 Å². The molecule has 0 atom stereocenters. The zero-order valence-corrected chi connectivity index (χ0v) is 13.1. The molecule has 0 amide bonds. The average Bonchev–Trinajstić information content (AvgIpc) is 2.94. The highest BCUT2D eigenvalue weighted by molar-refractivity contribution is 7.89. The van der Waals surface area contributed by atoms with Gasteiger partial charge in [0.2, 0.25) is 10.0 Å². The van der Waals surface area contributed by atoms with Crippen LogP contribution in [-0.2, 0) is 29.5 Å². The molecule has 0 unspecified atom stereocenters. The SMILES string of the molecule is CCCc1ccc(S(=O)(=O)NCc2nncn2CC)cc1. The number of hydrogen-bond acceptors (Lipinski definition) is 4. The lowest BCUT2D eigenvalue weighted by atomic mass is 10.1. The molecule has 0 fully saturated rings. The van der Waals surface area contributed by atoms with Crippen molar-refractivity contribution < 1.29 is 8.42 Å². The monoisotopic (exact) mass is 308 g/mol. The van der Waals surface area contributed by atoms with Gasteiger partial charge in [-0.1, -0.05) is 25.5 Å². The highest BCUT2D eigenvalue weighted by atomic mass is 32.2. The number of rotatable bonds is 7. The Hall–Kier alpha value is -1.73. The van der Waals surface area contributed by atoms with E-state index in [9.17, 15) is 8.42 Å². The Balaban J connectivity index is 2.07. The summed E-state index contributed by atoms with van der Waals surface area (Å²) in [5, 5.41) is 7.68. The van der Waals surface area contributed by atoms with Gasteiger partial charge < -0.3 is 4.57 Å². The van der Waals surface area contributed by atoms with E-state index < -0.39 is 10.0 Å². The van der Waals surface area contributed by atoms with Gasteiger partial charge in [-0.25, -0.2) is 13.1 Å². The Morgan fingerprint density at radius 3 is 2.52 bits per heavy atom. The number of aryl methyl sites for hydroxylation is 2. The van der Waals surface area contributed by atoms with Gasteiger partial charge in [-0.3, -0.25) is 0 Å². The Bertz CT molecular complexity index is 677. The number of nitrogens with one attached hydrogen (secondary N) is 1. The fourth-order valence-electron chi connectivity index (χ4n) is 2.05. The van der Waals surface area contributed by atoms with E-state index in [0.717, 1.165) is 18.4 Å². The first kappa shape index (κ1) is 15.7. The molecule has 2 aromatic rings. The predicted molar refractivity (Wildman–Crippen MR) is 80.2 cm³/mol. The van der Waals surface area contributed by atoms with Gasteiger partial charge in [0.25, 0.3) is 0 Å². The Morgan fingerprint density at radius 1 is 1.19 bits per heavy atom. The maximum absolute atomic E-state index is 12.2. The molecule has 1 N–H and O–H groups in total. The lowest BCUT2D eigenvalue weighted by Gasteiger charge is -2.08. The van der Waals surface area contributed by atoms with Gasteiger partial charge in [0.15, 0.2) is 0 Å². The number of sulfonamides is 1. The molecule has 21 heavy (non-hydrogen) atoms. The first-order chi connectivity index (χ1) is 10.1. The summed E-state index contributed by atoms with van der Waals surface area (Å²) in [6.45, 7) is 4.88. The Morgan fingerprint density at radius 2 is 1.90 bits per heavy atom. The second-order valence-corrected chi connectivity index (χ2v) is 6.52. The summed E-state index contributed by atoms with van der Waals surface area (Å²) in [4.78, 5) is 0.268. The number of benzene rings is 1. The summed E-state index contributed by atoms with van der Waals surface area (Å²) in [5.41, 5.74) is 1.14. The lowest BCUT2D eigenvalue weighted by molar-refractivity contribution is 0.575. The molecular weight excluding hydrogens is 288 g/mol. The minimum atomic E-state index is -3.52. The minimum absolute atomic E-state index is 0.132. The maximum Gasteiger partial charge on any atom is 0.240 e. The van der Waals surface area contributed by atoms with Crippen LogP contribution in [0.2, 0.25) is 0 Å². The molecule has 2 rings (SSSR count). The zero-order valence-electron chi connectivity index (χ0n) is 12.3. The van der Waals surface area contributed by atoms with Gasteiger partial charge >= 0.3 is 0 Å². The van der Waals surface area contributed by atoms with Gasteiger partial charge in [0.05, 0.1) is 11.4 Å². The highest BCUT2D eigenvalue weighted by Crippen LogP contribution is 2.12. The van der Waals surface area contributed by atoms with E-state index >= 15 is 0 Å². The van der Waals surface area contributed by atoms with Crippen molar-refractivity contribution in [3.8, 4) is 0 Å². The van der Waals surface area contributed by atoms with Crippen LogP contribution in [0.25, 0.3) is 0 Å². The molecule has 0 aliphatic carbocycles. The molecule has 1 heterocycles. The zero-order chi connectivity index (χ0) is 15.3. The normalized spacial score (nSPS) is 11.7. The van der Waals surface area contributed by atoms with Crippen molar-refractivity contribution in [1.82, 2.24) is 19.5 Å². The van der Waals surface area contributed by atoms with Gasteiger partial charge in [0.1, 0.15) is 12.2 Å². The van der Waals surface area contributed by atoms with E-state index in [1.165, 1.54) is 0 Å². The molecule has 0 aliphatic rings. The molecule has 0 radical (unpaired) electrons. The fourth-order valence-corrected chi connectivity index (χ4v) is 3.03. The van der Waals surface area contributed by atoms with Crippen LogP contribution in [0.5, 0.6) is 0 Å². The Labute approximate surface area is 125 Å². The molecule has 0 aliphatic heterocycles. The van der Waals surface area contributed by atoms with E-state index in [1.807, 2.05) is 19.1 Å². The third-order valence-electron chi connectivity index (χ3n) is 3.23. The molecule has 0 bridgehead atoms. The molecule has 114 valence electrons. The van der Waals surface area contributed by atoms with Crippen LogP contribution in [0.4, 0.5) is 0 Å². The topological polar surface area (TPSA) is 76.9 Å². The lowest BCUT2D eigenvalue weighted by Crippen LogP contribution is -2.25. The summed E-state index contributed by atoms with van der Waals surface area (Å²) >= 11 is 0. The summed E-state index contributed by atoms with van der Waals surface area (Å²) < 4.78 is 28.8. The highest BCUT2D eigenvalue weighted by Gasteiger charge is 2.15. The molecule has 0 spiro atoms. The van der Waals surface area contributed by atoms with Crippen LogP contribution in [0.3, 0.4) is 0 Å². The van der Waals surface area contributed by atoms with E-state index in [1.54, 1.807) is 23.0 Å². The van der Waals surface area contributed by atoms with Crippen molar-refractivity contribution in [2.45, 2.75) is 44.7 Å². The first-order valence-corrected chi connectivity index (χ1v) is 8.50. The number of nitrogens with zero attached hydrogens (tertiary/aromatic N) is 3. The Kier molecular flexibility index (Phi) is 5.08. The van der Waals surface area contributed by atoms with Crippen LogP contribution in [0.15, 0.2) is 35.5 Å².